The van der Waals surface area contributed by atoms with Crippen molar-refractivity contribution in [1.82, 2.24) is 14.4 Å². The van der Waals surface area contributed by atoms with E-state index < -0.39 is 18.1 Å². The zero-order chi connectivity index (χ0) is 28.9. The molecule has 0 aliphatic carbocycles. The quantitative estimate of drug-likeness (QED) is 0.319. The van der Waals surface area contributed by atoms with E-state index in [4.69, 9.17) is 9.47 Å². The number of nitrogens with zero attached hydrogens (tertiary/aromatic N) is 3. The number of ether oxygens (including phenoxy) is 2. The van der Waals surface area contributed by atoms with Crippen LogP contribution in [-0.4, -0.2) is 76.8 Å². The van der Waals surface area contributed by atoms with E-state index in [2.05, 4.69) is 4.57 Å². The number of carbonyl (C=O) groups excluding carboxylic acids is 2. The smallest absolute Gasteiger partial charge is 0.407 e. The van der Waals surface area contributed by atoms with Gasteiger partial charge in [-0.25, -0.2) is 9.59 Å². The Balaban J connectivity index is 1.50. The van der Waals surface area contributed by atoms with E-state index in [9.17, 15) is 19.5 Å². The van der Waals surface area contributed by atoms with E-state index >= 15 is 0 Å². The number of para-hydroxylation sites is 1. The van der Waals surface area contributed by atoms with Gasteiger partial charge in [-0.3, -0.25) is 4.79 Å². The third-order valence-electron chi connectivity index (χ3n) is 7.19. The highest BCUT2D eigenvalue weighted by atomic mass is 16.5. The lowest BCUT2D eigenvalue weighted by molar-refractivity contribution is 0.0341. The summed E-state index contributed by atoms with van der Waals surface area (Å²) in [4.78, 5) is 41.1. The van der Waals surface area contributed by atoms with E-state index in [0.29, 0.717) is 16.9 Å². The van der Waals surface area contributed by atoms with Crippen molar-refractivity contribution in [2.45, 2.75) is 13.0 Å². The summed E-state index contributed by atoms with van der Waals surface area (Å²) < 4.78 is 12.9. The van der Waals surface area contributed by atoms with Crippen molar-refractivity contribution in [2.75, 3.05) is 33.4 Å². The molecule has 1 atom stereocenters. The maximum absolute atomic E-state index is 14.3. The summed E-state index contributed by atoms with van der Waals surface area (Å²) >= 11 is 0. The molecule has 0 radical (unpaired) electrons. The maximum atomic E-state index is 14.3. The van der Waals surface area contributed by atoms with Crippen LogP contribution in [0.15, 0.2) is 91.0 Å². The summed E-state index contributed by atoms with van der Waals surface area (Å²) in [5, 5.41) is 9.69. The Morgan fingerprint density at radius 1 is 0.902 bits per heavy atom. The first-order chi connectivity index (χ1) is 19.9. The van der Waals surface area contributed by atoms with Gasteiger partial charge in [0.1, 0.15) is 12.4 Å². The number of methoxy groups -OCH3 is 1. The fourth-order valence-corrected chi connectivity index (χ4v) is 5.21. The number of esters is 1. The number of piperazine rings is 1. The number of aryl methyl sites for hydroxylation is 1. The second-order valence-corrected chi connectivity index (χ2v) is 9.80. The molecule has 2 amide bonds. The first-order valence-electron chi connectivity index (χ1n) is 13.3. The number of hydrogen-bond acceptors (Lipinski definition) is 5. The first-order valence-corrected chi connectivity index (χ1v) is 13.3. The van der Waals surface area contributed by atoms with Gasteiger partial charge >= 0.3 is 12.1 Å². The van der Waals surface area contributed by atoms with Crippen LogP contribution >= 0.6 is 0 Å². The molecule has 1 aromatic heterocycles. The van der Waals surface area contributed by atoms with Gasteiger partial charge in [-0.15, -0.1) is 0 Å². The summed E-state index contributed by atoms with van der Waals surface area (Å²) in [6, 6.07) is 27.5. The van der Waals surface area contributed by atoms with E-state index in [-0.39, 0.29) is 32.1 Å². The van der Waals surface area contributed by atoms with Crippen LogP contribution in [0.4, 0.5) is 4.79 Å². The van der Waals surface area contributed by atoms with Gasteiger partial charge in [0.05, 0.1) is 30.0 Å². The summed E-state index contributed by atoms with van der Waals surface area (Å²) in [6.07, 6.45) is -1.05. The Hall–Kier alpha value is -5.05. The monoisotopic (exact) mass is 553 g/mol. The van der Waals surface area contributed by atoms with Gasteiger partial charge in [0.15, 0.2) is 0 Å². The van der Waals surface area contributed by atoms with Crippen molar-refractivity contribution in [1.29, 1.82) is 0 Å². The molecule has 1 fully saturated rings. The van der Waals surface area contributed by atoms with Crippen LogP contribution in [0.5, 0.6) is 5.75 Å². The number of benzene rings is 3. The molecule has 9 nitrogen and oxygen atoms in total. The van der Waals surface area contributed by atoms with Crippen molar-refractivity contribution in [3.05, 3.63) is 108 Å². The number of carboxylic acid groups (broad SMARTS) is 1. The minimum Gasteiger partial charge on any atom is -0.491 e. The van der Waals surface area contributed by atoms with E-state index in [1.54, 1.807) is 29.2 Å². The van der Waals surface area contributed by atoms with Crippen LogP contribution in [0.25, 0.3) is 16.9 Å². The van der Waals surface area contributed by atoms with Gasteiger partial charge in [-0.05, 0) is 48.9 Å². The highest BCUT2D eigenvalue weighted by Gasteiger charge is 2.35. The van der Waals surface area contributed by atoms with Crippen molar-refractivity contribution in [3.63, 3.8) is 0 Å². The Morgan fingerprint density at radius 2 is 1.61 bits per heavy atom. The molecule has 1 aliphatic heterocycles. The predicted octanol–water partition coefficient (Wildman–Crippen LogP) is 5.12. The van der Waals surface area contributed by atoms with Crippen molar-refractivity contribution >= 4 is 18.0 Å². The fourth-order valence-electron chi connectivity index (χ4n) is 5.21. The summed E-state index contributed by atoms with van der Waals surface area (Å²) in [6.45, 7) is 2.50. The van der Waals surface area contributed by atoms with Gasteiger partial charge in [0.2, 0.25) is 0 Å². The van der Waals surface area contributed by atoms with Crippen LogP contribution in [0, 0.1) is 6.92 Å². The first kappa shape index (κ1) is 27.5. The molecular formula is C32H31N3O6. The Labute approximate surface area is 238 Å². The van der Waals surface area contributed by atoms with Crippen LogP contribution in [-0.2, 0) is 4.74 Å². The largest absolute Gasteiger partial charge is 0.491 e. The highest BCUT2D eigenvalue weighted by Crippen LogP contribution is 2.32. The van der Waals surface area contributed by atoms with Crippen molar-refractivity contribution in [2.24, 2.45) is 0 Å². The van der Waals surface area contributed by atoms with Crippen molar-refractivity contribution < 1.29 is 29.0 Å². The van der Waals surface area contributed by atoms with Crippen molar-refractivity contribution in [3.8, 4) is 22.7 Å². The summed E-state index contributed by atoms with van der Waals surface area (Å²) in [5.41, 5.74) is 4.35. The number of amides is 2. The molecule has 41 heavy (non-hydrogen) atoms. The lowest BCUT2D eigenvalue weighted by atomic mass is 10.0. The molecule has 9 heteroatoms. The maximum Gasteiger partial charge on any atom is 0.407 e. The molecule has 5 rings (SSSR count). The molecule has 3 aromatic carbocycles. The van der Waals surface area contributed by atoms with Gasteiger partial charge in [0, 0.05) is 31.0 Å². The van der Waals surface area contributed by atoms with Crippen LogP contribution in [0.1, 0.15) is 26.4 Å². The second kappa shape index (κ2) is 12.0. The Morgan fingerprint density at radius 3 is 2.29 bits per heavy atom. The van der Waals surface area contributed by atoms with E-state index in [1.807, 2.05) is 73.7 Å². The zero-order valence-corrected chi connectivity index (χ0v) is 22.9. The third-order valence-corrected chi connectivity index (χ3v) is 7.19. The number of carbonyl (C=O) groups is 3. The number of hydrogen-bond donors (Lipinski definition) is 1. The molecule has 1 aliphatic rings. The molecule has 210 valence electrons. The molecule has 1 saturated heterocycles. The molecule has 1 unspecified atom stereocenters. The number of aromatic nitrogens is 1. The Kier molecular flexibility index (Phi) is 8.05. The normalized spacial score (nSPS) is 14.9. The van der Waals surface area contributed by atoms with Crippen LogP contribution in [0.3, 0.4) is 0 Å². The molecule has 0 saturated carbocycles. The van der Waals surface area contributed by atoms with Gasteiger partial charge in [0.25, 0.3) is 5.91 Å². The lowest BCUT2D eigenvalue weighted by Crippen LogP contribution is -2.58. The molecule has 1 N–H and O–H groups in total. The molecule has 0 bridgehead atoms. The molecule has 4 aromatic rings. The molecular weight excluding hydrogens is 522 g/mol. The lowest BCUT2D eigenvalue weighted by Gasteiger charge is -2.40. The molecule has 2 heterocycles. The van der Waals surface area contributed by atoms with Gasteiger partial charge in [-0.2, -0.15) is 0 Å². The average molecular weight is 554 g/mol. The predicted molar refractivity (Wildman–Crippen MR) is 154 cm³/mol. The van der Waals surface area contributed by atoms with Crippen LogP contribution in [0.2, 0.25) is 0 Å². The average Bonchev–Trinajstić information content (AvgIpc) is 3.36. The molecule has 0 spiro atoms. The van der Waals surface area contributed by atoms with E-state index in [1.165, 1.54) is 12.0 Å². The summed E-state index contributed by atoms with van der Waals surface area (Å²) in [5.74, 6) is -0.277. The minimum absolute atomic E-state index is 0.0409. The van der Waals surface area contributed by atoms with Gasteiger partial charge in [-0.1, -0.05) is 54.6 Å². The number of rotatable bonds is 7. The van der Waals surface area contributed by atoms with Crippen LogP contribution < -0.4 is 4.74 Å². The standard InChI is InChI=1S/C32H31N3O6/c1-22-18-28(29(23-10-5-3-6-11-23)35(22)25-13-7-4-8-14-25)30(36)34-17-16-33(32(38)39)20-26(34)21-41-27-15-9-12-24(19-27)31(37)40-2/h3-15,18-19,26H,16-17,20-21H2,1-2H3,(H,38,39). The summed E-state index contributed by atoms with van der Waals surface area (Å²) in [7, 11) is 1.30. The fraction of sp³-hybridized carbons (Fsp3) is 0.219. The van der Waals surface area contributed by atoms with E-state index in [0.717, 1.165) is 22.6 Å². The Bertz CT molecular complexity index is 1550. The highest BCUT2D eigenvalue weighted by molar-refractivity contribution is 6.01. The second-order valence-electron chi connectivity index (χ2n) is 9.80. The third kappa shape index (κ3) is 5.79. The SMILES string of the molecule is COC(=O)c1cccc(OCC2CN(C(=O)O)CCN2C(=O)c2cc(C)n(-c3ccccc3)c2-c2ccccc2)c1. The topological polar surface area (TPSA) is 101 Å². The zero-order valence-electron chi connectivity index (χ0n) is 22.9. The van der Waals surface area contributed by atoms with Gasteiger partial charge < -0.3 is 28.9 Å². The minimum atomic E-state index is -1.05.